The molecule has 0 spiro atoms. The molecule has 0 saturated heterocycles. The van der Waals surface area contributed by atoms with Gasteiger partial charge in [-0.2, -0.15) is 0 Å². The van der Waals surface area contributed by atoms with Gasteiger partial charge in [0.05, 0.1) is 0 Å². The Morgan fingerprint density at radius 3 is 2.68 bits per heavy atom. The van der Waals surface area contributed by atoms with E-state index in [1.165, 1.54) is 18.4 Å². The summed E-state index contributed by atoms with van der Waals surface area (Å²) in [5.74, 6) is 0.697. The zero-order valence-electron chi connectivity index (χ0n) is 11.1. The second-order valence-corrected chi connectivity index (χ2v) is 4.79. The van der Waals surface area contributed by atoms with Crippen molar-refractivity contribution in [2.45, 2.75) is 26.2 Å². The summed E-state index contributed by atoms with van der Waals surface area (Å²) in [5, 5.41) is 0. The molecule has 2 aromatic carbocycles. The molecule has 0 bridgehead atoms. The van der Waals surface area contributed by atoms with Crippen molar-refractivity contribution < 1.29 is 4.42 Å². The Labute approximate surface area is 113 Å². The molecule has 19 heavy (non-hydrogen) atoms. The maximum absolute atomic E-state index is 5.86. The molecule has 1 heterocycles. The predicted molar refractivity (Wildman–Crippen MR) is 78.1 cm³/mol. The van der Waals surface area contributed by atoms with E-state index in [0.717, 1.165) is 23.1 Å². The highest BCUT2D eigenvalue weighted by atomic mass is 16.3. The number of nitrogens with zero attached hydrogens (tertiary/aromatic N) is 1. The zero-order valence-corrected chi connectivity index (χ0v) is 11.1. The predicted octanol–water partition coefficient (Wildman–Crippen LogP) is 4.84. The van der Waals surface area contributed by atoms with Crippen LogP contribution in [0.2, 0.25) is 0 Å². The van der Waals surface area contributed by atoms with Gasteiger partial charge in [-0.05, 0) is 42.7 Å². The van der Waals surface area contributed by atoms with Crippen LogP contribution in [0, 0.1) is 0 Å². The minimum Gasteiger partial charge on any atom is -0.436 e. The normalized spacial score (nSPS) is 11.0. The Kier molecular flexibility index (Phi) is 3.32. The Balaban J connectivity index is 1.97. The lowest BCUT2D eigenvalue weighted by Crippen LogP contribution is -1.83. The number of aromatic nitrogens is 1. The third-order valence-electron chi connectivity index (χ3n) is 3.29. The van der Waals surface area contributed by atoms with Crippen molar-refractivity contribution in [1.82, 2.24) is 4.98 Å². The van der Waals surface area contributed by atoms with Gasteiger partial charge in [0.25, 0.3) is 0 Å². The fourth-order valence-corrected chi connectivity index (χ4v) is 2.21. The summed E-state index contributed by atoms with van der Waals surface area (Å²) in [7, 11) is 0. The lowest BCUT2D eigenvalue weighted by atomic mass is 10.1. The molecular formula is C17H17NO. The Morgan fingerprint density at radius 1 is 1.05 bits per heavy atom. The van der Waals surface area contributed by atoms with Crippen molar-refractivity contribution in [1.29, 1.82) is 0 Å². The smallest absolute Gasteiger partial charge is 0.227 e. The number of unbranched alkanes of at least 4 members (excludes halogenated alkanes) is 1. The highest BCUT2D eigenvalue weighted by Gasteiger charge is 2.08. The summed E-state index contributed by atoms with van der Waals surface area (Å²) in [6.45, 7) is 2.21. The number of fused-ring (bicyclic) bond motifs is 1. The van der Waals surface area contributed by atoms with Crippen LogP contribution in [0.25, 0.3) is 22.6 Å². The topological polar surface area (TPSA) is 26.0 Å². The quantitative estimate of drug-likeness (QED) is 0.663. The maximum Gasteiger partial charge on any atom is 0.227 e. The Bertz CT molecular complexity index is 670. The van der Waals surface area contributed by atoms with Gasteiger partial charge in [-0.3, -0.25) is 0 Å². The third kappa shape index (κ3) is 2.53. The summed E-state index contributed by atoms with van der Waals surface area (Å²) in [5.41, 5.74) is 4.16. The summed E-state index contributed by atoms with van der Waals surface area (Å²) in [6.07, 6.45) is 3.53. The van der Waals surface area contributed by atoms with Gasteiger partial charge in [-0.25, -0.2) is 4.98 Å². The Hall–Kier alpha value is -2.09. The lowest BCUT2D eigenvalue weighted by Gasteiger charge is -1.97. The van der Waals surface area contributed by atoms with E-state index in [0.29, 0.717) is 5.89 Å². The largest absolute Gasteiger partial charge is 0.436 e. The van der Waals surface area contributed by atoms with Gasteiger partial charge in [0.15, 0.2) is 5.58 Å². The van der Waals surface area contributed by atoms with Crippen molar-refractivity contribution in [2.75, 3.05) is 0 Å². The van der Waals surface area contributed by atoms with E-state index in [1.54, 1.807) is 0 Å². The van der Waals surface area contributed by atoms with Crippen LogP contribution in [0.1, 0.15) is 25.3 Å². The number of oxazole rings is 1. The first-order valence-electron chi connectivity index (χ1n) is 6.81. The molecule has 0 saturated carbocycles. The average molecular weight is 251 g/mol. The van der Waals surface area contributed by atoms with Gasteiger partial charge in [0, 0.05) is 5.56 Å². The standard InChI is InChI=1S/C17H17NO/c1-2-3-7-13-10-11-15-16(12-13)19-17(18-15)14-8-5-4-6-9-14/h4-6,8-12H,2-3,7H2,1H3. The van der Waals surface area contributed by atoms with Gasteiger partial charge < -0.3 is 4.42 Å². The van der Waals surface area contributed by atoms with Crippen molar-refractivity contribution in [3.8, 4) is 11.5 Å². The van der Waals surface area contributed by atoms with Crippen LogP contribution in [0.3, 0.4) is 0 Å². The SMILES string of the molecule is CCCCc1ccc2nc(-c3ccccc3)oc2c1. The summed E-state index contributed by atoms with van der Waals surface area (Å²) in [4.78, 5) is 4.54. The molecule has 2 heteroatoms. The molecule has 1 aromatic heterocycles. The van der Waals surface area contributed by atoms with Crippen LogP contribution in [0.4, 0.5) is 0 Å². The van der Waals surface area contributed by atoms with Gasteiger partial charge in [-0.15, -0.1) is 0 Å². The van der Waals surface area contributed by atoms with Crippen LogP contribution in [-0.2, 0) is 6.42 Å². The molecule has 0 fully saturated rings. The summed E-state index contributed by atoms with van der Waals surface area (Å²) in [6, 6.07) is 16.3. The number of rotatable bonds is 4. The molecule has 0 radical (unpaired) electrons. The first-order valence-corrected chi connectivity index (χ1v) is 6.81. The van der Waals surface area contributed by atoms with E-state index in [1.807, 2.05) is 30.3 Å². The molecule has 0 N–H and O–H groups in total. The number of benzene rings is 2. The van der Waals surface area contributed by atoms with E-state index in [-0.39, 0.29) is 0 Å². The van der Waals surface area contributed by atoms with E-state index in [9.17, 15) is 0 Å². The van der Waals surface area contributed by atoms with Crippen molar-refractivity contribution in [3.05, 3.63) is 54.1 Å². The molecule has 0 atom stereocenters. The molecule has 3 rings (SSSR count). The molecule has 3 aromatic rings. The van der Waals surface area contributed by atoms with Crippen molar-refractivity contribution in [2.24, 2.45) is 0 Å². The maximum atomic E-state index is 5.86. The number of hydrogen-bond donors (Lipinski definition) is 0. The van der Waals surface area contributed by atoms with Gasteiger partial charge in [0.2, 0.25) is 5.89 Å². The molecular weight excluding hydrogens is 234 g/mol. The first kappa shape index (κ1) is 12.0. The van der Waals surface area contributed by atoms with Gasteiger partial charge in [-0.1, -0.05) is 37.6 Å². The molecule has 0 aliphatic rings. The molecule has 0 aliphatic carbocycles. The average Bonchev–Trinajstić information content (AvgIpc) is 2.89. The number of hydrogen-bond acceptors (Lipinski definition) is 2. The second kappa shape index (κ2) is 5.27. The van der Waals surface area contributed by atoms with Crippen LogP contribution in [0.5, 0.6) is 0 Å². The molecule has 0 aliphatic heterocycles. The fraction of sp³-hybridized carbons (Fsp3) is 0.235. The monoisotopic (exact) mass is 251 g/mol. The molecule has 2 nitrogen and oxygen atoms in total. The van der Waals surface area contributed by atoms with E-state index in [2.05, 4.69) is 30.1 Å². The Morgan fingerprint density at radius 2 is 1.89 bits per heavy atom. The molecule has 0 unspecified atom stereocenters. The minimum absolute atomic E-state index is 0.697. The minimum atomic E-state index is 0.697. The first-order chi connectivity index (χ1) is 9.36. The second-order valence-electron chi connectivity index (χ2n) is 4.79. The van der Waals surface area contributed by atoms with Crippen LogP contribution >= 0.6 is 0 Å². The summed E-state index contributed by atoms with van der Waals surface area (Å²) < 4.78 is 5.86. The van der Waals surface area contributed by atoms with Crippen LogP contribution in [-0.4, -0.2) is 4.98 Å². The lowest BCUT2D eigenvalue weighted by molar-refractivity contribution is 0.619. The number of aryl methyl sites for hydroxylation is 1. The highest BCUT2D eigenvalue weighted by Crippen LogP contribution is 2.25. The van der Waals surface area contributed by atoms with Crippen LogP contribution in [0.15, 0.2) is 52.9 Å². The van der Waals surface area contributed by atoms with E-state index < -0.39 is 0 Å². The summed E-state index contributed by atoms with van der Waals surface area (Å²) >= 11 is 0. The van der Waals surface area contributed by atoms with Crippen LogP contribution < -0.4 is 0 Å². The molecule has 96 valence electrons. The zero-order chi connectivity index (χ0) is 13.1. The van der Waals surface area contributed by atoms with E-state index in [4.69, 9.17) is 4.42 Å². The van der Waals surface area contributed by atoms with Gasteiger partial charge in [0.1, 0.15) is 5.52 Å². The van der Waals surface area contributed by atoms with Crippen molar-refractivity contribution >= 4 is 11.1 Å². The van der Waals surface area contributed by atoms with E-state index >= 15 is 0 Å². The molecule has 0 amide bonds. The van der Waals surface area contributed by atoms with Gasteiger partial charge >= 0.3 is 0 Å². The fourth-order valence-electron chi connectivity index (χ4n) is 2.21. The third-order valence-corrected chi connectivity index (χ3v) is 3.29. The van der Waals surface area contributed by atoms with Crippen molar-refractivity contribution in [3.63, 3.8) is 0 Å². The highest BCUT2D eigenvalue weighted by molar-refractivity contribution is 5.76.